The van der Waals surface area contributed by atoms with Crippen LogP contribution in [0.15, 0.2) is 6.07 Å². The molecule has 0 aliphatic rings. The van der Waals surface area contributed by atoms with Crippen molar-refractivity contribution in [1.82, 2.24) is 0 Å². The van der Waals surface area contributed by atoms with E-state index in [0.717, 1.165) is 15.4 Å². The Kier molecular flexibility index (Phi) is 3.59. The average Bonchev–Trinajstić information content (AvgIpc) is 2.08. The van der Waals surface area contributed by atoms with Gasteiger partial charge in [0.05, 0.1) is 6.26 Å². The molecule has 0 aromatic heterocycles. The summed E-state index contributed by atoms with van der Waals surface area (Å²) in [5.74, 6) is -0.872. The van der Waals surface area contributed by atoms with Crippen LogP contribution in [-0.2, 0) is 10.1 Å². The summed E-state index contributed by atoms with van der Waals surface area (Å²) in [4.78, 5) is 0. The van der Waals surface area contributed by atoms with Crippen molar-refractivity contribution in [3.8, 4) is 5.75 Å². The fourth-order valence-corrected chi connectivity index (χ4v) is 1.96. The Bertz CT molecular complexity index is 497. The SMILES string of the molecule is Cc1cc(OS(C)(=O)=O)c(F)c(C)c1I. The fourth-order valence-electron chi connectivity index (χ4n) is 1.12. The van der Waals surface area contributed by atoms with E-state index in [1.54, 1.807) is 13.8 Å². The highest BCUT2D eigenvalue weighted by Gasteiger charge is 2.15. The number of hydrogen-bond acceptors (Lipinski definition) is 3. The standard InChI is InChI=1S/C9H10FIO3S/c1-5-4-7(14-15(3,12)13)8(10)6(2)9(5)11/h4H,1-3H3. The van der Waals surface area contributed by atoms with Gasteiger partial charge in [0.1, 0.15) is 0 Å². The van der Waals surface area contributed by atoms with Gasteiger partial charge in [0, 0.05) is 9.13 Å². The van der Waals surface area contributed by atoms with Crippen molar-refractivity contribution < 1.29 is 17.0 Å². The normalized spacial score (nSPS) is 11.5. The van der Waals surface area contributed by atoms with Crippen molar-refractivity contribution in [1.29, 1.82) is 0 Å². The molecule has 0 amide bonds. The molecule has 1 aromatic rings. The Morgan fingerprint density at radius 3 is 2.40 bits per heavy atom. The maximum atomic E-state index is 13.6. The molecule has 15 heavy (non-hydrogen) atoms. The Hall–Kier alpha value is -0.370. The summed E-state index contributed by atoms with van der Waals surface area (Å²) in [5.41, 5.74) is 1.18. The lowest BCUT2D eigenvalue weighted by molar-refractivity contribution is 0.464. The molecule has 0 aliphatic heterocycles. The molecule has 0 saturated carbocycles. The van der Waals surface area contributed by atoms with Crippen LogP contribution in [0.2, 0.25) is 0 Å². The van der Waals surface area contributed by atoms with Crippen LogP contribution >= 0.6 is 22.6 Å². The molecule has 0 fully saturated rings. The molecule has 0 radical (unpaired) electrons. The van der Waals surface area contributed by atoms with Gasteiger partial charge < -0.3 is 4.18 Å². The number of rotatable bonds is 2. The second-order valence-corrected chi connectivity index (χ2v) is 5.89. The average molecular weight is 344 g/mol. The molecule has 0 aliphatic carbocycles. The molecule has 0 heterocycles. The topological polar surface area (TPSA) is 43.4 Å². The summed E-state index contributed by atoms with van der Waals surface area (Å²) in [7, 11) is -3.69. The predicted octanol–water partition coefficient (Wildman–Crippen LogP) is 2.39. The van der Waals surface area contributed by atoms with Gasteiger partial charge in [-0.15, -0.1) is 0 Å². The van der Waals surface area contributed by atoms with Gasteiger partial charge in [0.15, 0.2) is 11.6 Å². The van der Waals surface area contributed by atoms with E-state index in [0.29, 0.717) is 5.56 Å². The summed E-state index contributed by atoms with van der Waals surface area (Å²) in [6.07, 6.45) is 0.884. The smallest absolute Gasteiger partial charge is 0.306 e. The van der Waals surface area contributed by atoms with Crippen LogP contribution in [0.5, 0.6) is 5.75 Å². The molecule has 84 valence electrons. The molecule has 1 rings (SSSR count). The number of benzene rings is 1. The molecule has 0 N–H and O–H groups in total. The maximum Gasteiger partial charge on any atom is 0.306 e. The van der Waals surface area contributed by atoms with Gasteiger partial charge in [-0.05, 0) is 48.1 Å². The zero-order chi connectivity index (χ0) is 11.8. The minimum absolute atomic E-state index is 0.243. The molecule has 0 atom stereocenters. The Balaban J connectivity index is 3.33. The zero-order valence-electron chi connectivity index (χ0n) is 8.47. The van der Waals surface area contributed by atoms with E-state index >= 15 is 0 Å². The van der Waals surface area contributed by atoms with Crippen LogP contribution < -0.4 is 4.18 Å². The second kappa shape index (κ2) is 4.25. The van der Waals surface area contributed by atoms with Gasteiger partial charge in [-0.25, -0.2) is 4.39 Å². The largest absolute Gasteiger partial charge is 0.379 e. The molecular weight excluding hydrogens is 334 g/mol. The first kappa shape index (κ1) is 12.7. The summed E-state index contributed by atoms with van der Waals surface area (Å²) >= 11 is 2.00. The molecule has 0 spiro atoms. The van der Waals surface area contributed by atoms with Crippen LogP contribution in [0.4, 0.5) is 4.39 Å². The van der Waals surface area contributed by atoms with Crippen LogP contribution in [0.1, 0.15) is 11.1 Å². The minimum Gasteiger partial charge on any atom is -0.379 e. The molecule has 0 bridgehead atoms. The molecular formula is C9H10FIO3S. The maximum absolute atomic E-state index is 13.6. The summed E-state index contributed by atoms with van der Waals surface area (Å²) in [6, 6.07) is 1.38. The van der Waals surface area contributed by atoms with Crippen molar-refractivity contribution in [3.63, 3.8) is 0 Å². The lowest BCUT2D eigenvalue weighted by Crippen LogP contribution is -2.08. The van der Waals surface area contributed by atoms with Crippen molar-refractivity contribution in [3.05, 3.63) is 26.6 Å². The highest BCUT2D eigenvalue weighted by Crippen LogP contribution is 2.28. The van der Waals surface area contributed by atoms with E-state index in [-0.39, 0.29) is 5.75 Å². The highest BCUT2D eigenvalue weighted by atomic mass is 127. The van der Waals surface area contributed by atoms with Gasteiger partial charge in [0.2, 0.25) is 0 Å². The zero-order valence-corrected chi connectivity index (χ0v) is 11.4. The number of halogens is 2. The van der Waals surface area contributed by atoms with E-state index in [1.807, 2.05) is 22.6 Å². The van der Waals surface area contributed by atoms with Crippen molar-refractivity contribution in [2.45, 2.75) is 13.8 Å². The van der Waals surface area contributed by atoms with Crippen LogP contribution in [-0.4, -0.2) is 14.7 Å². The Morgan fingerprint density at radius 1 is 1.40 bits per heavy atom. The van der Waals surface area contributed by atoms with E-state index < -0.39 is 15.9 Å². The molecule has 0 unspecified atom stereocenters. The summed E-state index contributed by atoms with van der Waals surface area (Å²) in [6.45, 7) is 3.35. The van der Waals surface area contributed by atoms with Crippen LogP contribution in [0, 0.1) is 23.2 Å². The first-order valence-corrected chi connectivity index (χ1v) is 6.96. The molecule has 6 heteroatoms. The summed E-state index contributed by atoms with van der Waals surface area (Å²) in [5, 5.41) is 0. The molecule has 3 nitrogen and oxygen atoms in total. The highest BCUT2D eigenvalue weighted by molar-refractivity contribution is 14.1. The first-order chi connectivity index (χ1) is 6.72. The third-order valence-electron chi connectivity index (χ3n) is 1.81. The number of aryl methyl sites for hydroxylation is 1. The number of hydrogen-bond donors (Lipinski definition) is 0. The van der Waals surface area contributed by atoms with Gasteiger partial charge in [0.25, 0.3) is 0 Å². The van der Waals surface area contributed by atoms with Crippen LogP contribution in [0.3, 0.4) is 0 Å². The van der Waals surface area contributed by atoms with Gasteiger partial charge >= 0.3 is 10.1 Å². The van der Waals surface area contributed by atoms with Crippen molar-refractivity contribution in [2.75, 3.05) is 6.26 Å². The van der Waals surface area contributed by atoms with E-state index in [4.69, 9.17) is 0 Å². The Morgan fingerprint density at radius 2 is 1.93 bits per heavy atom. The van der Waals surface area contributed by atoms with E-state index in [9.17, 15) is 12.8 Å². The predicted molar refractivity (Wildman–Crippen MR) is 64.1 cm³/mol. The first-order valence-electron chi connectivity index (χ1n) is 4.07. The Labute approximate surface area is 102 Å². The van der Waals surface area contributed by atoms with E-state index in [1.165, 1.54) is 6.07 Å². The quantitative estimate of drug-likeness (QED) is 0.611. The summed E-state index contributed by atoms with van der Waals surface area (Å²) < 4.78 is 40.6. The molecule has 1 aromatic carbocycles. The van der Waals surface area contributed by atoms with Gasteiger partial charge in [-0.1, -0.05) is 0 Å². The van der Waals surface area contributed by atoms with E-state index in [2.05, 4.69) is 4.18 Å². The molecule has 0 saturated heterocycles. The van der Waals surface area contributed by atoms with Gasteiger partial charge in [-0.2, -0.15) is 8.42 Å². The van der Waals surface area contributed by atoms with Crippen molar-refractivity contribution in [2.24, 2.45) is 0 Å². The third kappa shape index (κ3) is 3.04. The van der Waals surface area contributed by atoms with Crippen molar-refractivity contribution >= 4 is 32.7 Å². The lowest BCUT2D eigenvalue weighted by Gasteiger charge is -2.09. The lowest BCUT2D eigenvalue weighted by atomic mass is 10.1. The second-order valence-electron chi connectivity index (χ2n) is 3.23. The fraction of sp³-hybridized carbons (Fsp3) is 0.333. The van der Waals surface area contributed by atoms with Crippen LogP contribution in [0.25, 0.3) is 0 Å². The minimum atomic E-state index is -3.69. The van der Waals surface area contributed by atoms with Gasteiger partial charge in [-0.3, -0.25) is 0 Å². The monoisotopic (exact) mass is 344 g/mol. The third-order valence-corrected chi connectivity index (χ3v) is 3.95.